The van der Waals surface area contributed by atoms with Crippen molar-refractivity contribution in [2.45, 2.75) is 46.1 Å². The lowest BCUT2D eigenvalue weighted by molar-refractivity contribution is 0.573. The average Bonchev–Trinajstić information content (AvgIpc) is 2.39. The summed E-state index contributed by atoms with van der Waals surface area (Å²) in [7, 11) is 0. The van der Waals surface area contributed by atoms with Gasteiger partial charge in [0.05, 0.1) is 0 Å². The fraction of sp³-hybridized carbons (Fsp3) is 0.700. The van der Waals surface area contributed by atoms with E-state index in [0.29, 0.717) is 0 Å². The molecule has 1 aromatic heterocycles. The van der Waals surface area contributed by atoms with E-state index in [4.69, 9.17) is 0 Å². The molecule has 0 aliphatic rings. The molecule has 0 aliphatic carbocycles. The van der Waals surface area contributed by atoms with Crippen molar-refractivity contribution in [1.82, 2.24) is 9.55 Å². The van der Waals surface area contributed by atoms with Crippen molar-refractivity contribution in [2.75, 3.05) is 0 Å². The summed E-state index contributed by atoms with van der Waals surface area (Å²) in [5.74, 6) is 1.10. The molecule has 0 saturated heterocycles. The molecule has 0 N–H and O–H groups in total. The van der Waals surface area contributed by atoms with E-state index in [2.05, 4.69) is 38.6 Å². The minimum absolute atomic E-state index is 0.945. The van der Waals surface area contributed by atoms with E-state index in [0.717, 1.165) is 17.0 Å². The number of unbranched alkanes of at least 4 members (excludes halogenated alkanes) is 3. The monoisotopic (exact) mass is 244 g/mol. The van der Waals surface area contributed by atoms with E-state index in [9.17, 15) is 0 Å². The molecule has 1 rings (SSSR count). The van der Waals surface area contributed by atoms with Crippen molar-refractivity contribution >= 4 is 15.9 Å². The fourth-order valence-electron chi connectivity index (χ4n) is 1.40. The molecule has 0 unspecified atom stereocenters. The molecule has 0 aliphatic heterocycles. The molecule has 0 spiro atoms. The smallest absolute Gasteiger partial charge is 0.124 e. The largest absolute Gasteiger partial charge is 0.334 e. The predicted molar refractivity (Wildman–Crippen MR) is 58.8 cm³/mol. The van der Waals surface area contributed by atoms with Crippen LogP contribution in [0.5, 0.6) is 0 Å². The van der Waals surface area contributed by atoms with Crippen LogP contribution in [0.25, 0.3) is 0 Å². The fourth-order valence-corrected chi connectivity index (χ4v) is 1.91. The van der Waals surface area contributed by atoms with Crippen LogP contribution in [-0.4, -0.2) is 9.55 Å². The van der Waals surface area contributed by atoms with Crippen molar-refractivity contribution in [3.8, 4) is 0 Å². The van der Waals surface area contributed by atoms with Gasteiger partial charge in [0.25, 0.3) is 0 Å². The average molecular weight is 245 g/mol. The second-order valence-corrected chi connectivity index (χ2v) is 4.18. The van der Waals surface area contributed by atoms with Gasteiger partial charge in [0.15, 0.2) is 0 Å². The summed E-state index contributed by atoms with van der Waals surface area (Å²) in [5.41, 5.74) is 0. The first-order valence-electron chi connectivity index (χ1n) is 4.93. The number of halogens is 1. The van der Waals surface area contributed by atoms with Crippen molar-refractivity contribution in [3.05, 3.63) is 16.6 Å². The Morgan fingerprint density at radius 1 is 1.38 bits per heavy atom. The van der Waals surface area contributed by atoms with Gasteiger partial charge in [-0.1, -0.05) is 26.2 Å². The number of imidazole rings is 1. The minimum Gasteiger partial charge on any atom is -0.334 e. The van der Waals surface area contributed by atoms with E-state index >= 15 is 0 Å². The topological polar surface area (TPSA) is 17.8 Å². The molecule has 0 atom stereocenters. The zero-order chi connectivity index (χ0) is 9.68. The third kappa shape index (κ3) is 3.51. The van der Waals surface area contributed by atoms with Crippen molar-refractivity contribution in [3.63, 3.8) is 0 Å². The summed E-state index contributed by atoms with van der Waals surface area (Å²) in [6.45, 7) is 5.38. The van der Waals surface area contributed by atoms with E-state index < -0.39 is 0 Å². The van der Waals surface area contributed by atoms with Gasteiger partial charge >= 0.3 is 0 Å². The predicted octanol–water partition coefficient (Wildman–Crippen LogP) is 3.53. The van der Waals surface area contributed by atoms with Crippen LogP contribution in [0, 0.1) is 6.92 Å². The van der Waals surface area contributed by atoms with Crippen LogP contribution < -0.4 is 0 Å². The van der Waals surface area contributed by atoms with Gasteiger partial charge in [-0.05, 0) is 29.3 Å². The van der Waals surface area contributed by atoms with Gasteiger partial charge in [-0.2, -0.15) is 0 Å². The first kappa shape index (κ1) is 10.8. The van der Waals surface area contributed by atoms with Crippen LogP contribution in [0.15, 0.2) is 10.8 Å². The molecule has 0 aromatic carbocycles. The summed E-state index contributed by atoms with van der Waals surface area (Å²) in [6.07, 6.45) is 7.28. The Hall–Kier alpha value is -0.310. The number of hydrogen-bond acceptors (Lipinski definition) is 1. The summed E-state index contributed by atoms with van der Waals surface area (Å²) in [5, 5.41) is 0. The first-order valence-corrected chi connectivity index (χ1v) is 5.72. The Labute approximate surface area is 88.5 Å². The molecular formula is C10H17BrN2. The van der Waals surface area contributed by atoms with Gasteiger partial charge in [-0.25, -0.2) is 4.98 Å². The maximum Gasteiger partial charge on any atom is 0.124 e. The van der Waals surface area contributed by atoms with Crippen LogP contribution in [0.3, 0.4) is 0 Å². The number of nitrogens with zero attached hydrogens (tertiary/aromatic N) is 2. The Balaban J connectivity index is 2.32. The zero-order valence-corrected chi connectivity index (χ0v) is 9.97. The van der Waals surface area contributed by atoms with Crippen molar-refractivity contribution < 1.29 is 0 Å². The molecule has 1 heterocycles. The van der Waals surface area contributed by atoms with Crippen LogP contribution >= 0.6 is 15.9 Å². The summed E-state index contributed by atoms with van der Waals surface area (Å²) in [4.78, 5) is 4.29. The van der Waals surface area contributed by atoms with Gasteiger partial charge < -0.3 is 4.57 Å². The van der Waals surface area contributed by atoms with E-state index in [1.165, 1.54) is 25.7 Å². The number of aromatic nitrogens is 2. The number of hydrogen-bond donors (Lipinski definition) is 0. The second-order valence-electron chi connectivity index (χ2n) is 3.36. The van der Waals surface area contributed by atoms with Crippen LogP contribution in [-0.2, 0) is 6.54 Å². The Bertz CT molecular complexity index is 255. The molecule has 0 amide bonds. The van der Waals surface area contributed by atoms with Crippen LogP contribution in [0.1, 0.15) is 38.4 Å². The molecule has 1 aromatic rings. The van der Waals surface area contributed by atoms with Crippen molar-refractivity contribution in [1.29, 1.82) is 0 Å². The normalized spacial score (nSPS) is 10.7. The first-order chi connectivity index (χ1) is 6.24. The second kappa shape index (κ2) is 5.43. The van der Waals surface area contributed by atoms with E-state index in [-0.39, 0.29) is 0 Å². The molecule has 3 heteroatoms. The zero-order valence-electron chi connectivity index (χ0n) is 8.39. The third-order valence-corrected chi connectivity index (χ3v) is 2.58. The molecular weight excluding hydrogens is 228 g/mol. The minimum atomic E-state index is 0.945. The summed E-state index contributed by atoms with van der Waals surface area (Å²) < 4.78 is 3.15. The highest BCUT2D eigenvalue weighted by atomic mass is 79.9. The van der Waals surface area contributed by atoms with Crippen LogP contribution in [0.2, 0.25) is 0 Å². The van der Waals surface area contributed by atoms with Gasteiger partial charge in [0.2, 0.25) is 0 Å². The lowest BCUT2D eigenvalue weighted by Crippen LogP contribution is -1.98. The molecule has 2 nitrogen and oxygen atoms in total. The lowest BCUT2D eigenvalue weighted by Gasteiger charge is -2.03. The molecule has 0 bridgehead atoms. The van der Waals surface area contributed by atoms with Gasteiger partial charge in [-0.3, -0.25) is 0 Å². The van der Waals surface area contributed by atoms with Crippen molar-refractivity contribution in [2.24, 2.45) is 0 Å². The quantitative estimate of drug-likeness (QED) is 0.725. The third-order valence-electron chi connectivity index (χ3n) is 2.20. The lowest BCUT2D eigenvalue weighted by atomic mass is 10.2. The maximum atomic E-state index is 4.29. The molecule has 74 valence electrons. The highest BCUT2D eigenvalue weighted by molar-refractivity contribution is 9.10. The van der Waals surface area contributed by atoms with Gasteiger partial charge in [0.1, 0.15) is 10.4 Å². The van der Waals surface area contributed by atoms with E-state index in [1.54, 1.807) is 0 Å². The standard InChI is InChI=1S/C10H17BrN2/c1-3-4-5-6-7-13-8-10(11)12-9(13)2/h8H,3-7H2,1-2H3. The van der Waals surface area contributed by atoms with Crippen LogP contribution in [0.4, 0.5) is 0 Å². The maximum absolute atomic E-state index is 4.29. The Kier molecular flexibility index (Phi) is 4.50. The van der Waals surface area contributed by atoms with Gasteiger partial charge in [-0.15, -0.1) is 0 Å². The van der Waals surface area contributed by atoms with Gasteiger partial charge in [0, 0.05) is 12.7 Å². The SMILES string of the molecule is CCCCCCn1cc(Br)nc1C. The number of aryl methyl sites for hydroxylation is 2. The highest BCUT2D eigenvalue weighted by Crippen LogP contribution is 2.10. The highest BCUT2D eigenvalue weighted by Gasteiger charge is 1.99. The summed E-state index contributed by atoms with van der Waals surface area (Å²) >= 11 is 3.37. The number of rotatable bonds is 5. The molecule has 0 radical (unpaired) electrons. The summed E-state index contributed by atoms with van der Waals surface area (Å²) in [6, 6.07) is 0. The molecule has 0 fully saturated rings. The van der Waals surface area contributed by atoms with E-state index in [1.807, 2.05) is 6.92 Å². The molecule has 13 heavy (non-hydrogen) atoms. The Morgan fingerprint density at radius 2 is 2.15 bits per heavy atom. The Morgan fingerprint density at radius 3 is 2.69 bits per heavy atom. The molecule has 0 saturated carbocycles.